The molecule has 1 amide bonds. The fourth-order valence-corrected chi connectivity index (χ4v) is 2.23. The molecule has 0 saturated carbocycles. The number of carbonyl (C=O) groups excluding carboxylic acids is 1. The predicted molar refractivity (Wildman–Crippen MR) is 86.1 cm³/mol. The molecule has 23 heavy (non-hydrogen) atoms. The minimum absolute atomic E-state index is 0.123. The number of halogens is 1. The van der Waals surface area contributed by atoms with Crippen molar-refractivity contribution in [2.24, 2.45) is 0 Å². The molecule has 0 saturated heterocycles. The highest BCUT2D eigenvalue weighted by molar-refractivity contribution is 5.93. The highest BCUT2D eigenvalue weighted by atomic mass is 19.1. The summed E-state index contributed by atoms with van der Waals surface area (Å²) in [6.07, 6.45) is 0. The average molecular weight is 320 g/mol. The van der Waals surface area contributed by atoms with Crippen LogP contribution in [0, 0.1) is 19.7 Å². The predicted octanol–water partition coefficient (Wildman–Crippen LogP) is 2.46. The SMILES string of the molecule is COc1cc([C@@H](C)NCC(=O)Nc2c(C)n[nH]c2C)ccc1F. The zero-order valence-electron chi connectivity index (χ0n) is 13.7. The summed E-state index contributed by atoms with van der Waals surface area (Å²) >= 11 is 0. The minimum atomic E-state index is -0.410. The Morgan fingerprint density at radius 1 is 1.43 bits per heavy atom. The van der Waals surface area contributed by atoms with E-state index in [0.29, 0.717) is 5.69 Å². The maximum absolute atomic E-state index is 13.4. The van der Waals surface area contributed by atoms with E-state index in [1.165, 1.54) is 13.2 Å². The Balaban J connectivity index is 1.93. The summed E-state index contributed by atoms with van der Waals surface area (Å²) in [5.41, 5.74) is 3.10. The maximum Gasteiger partial charge on any atom is 0.238 e. The standard InChI is InChI=1S/C16H21FN4O2/c1-9(12-5-6-13(17)14(7-12)23-4)18-8-15(22)19-16-10(2)20-21-11(16)3/h5-7,9,18H,8H2,1-4H3,(H,19,22)(H,20,21)/t9-/m1/s1. The van der Waals surface area contributed by atoms with Gasteiger partial charge in [-0.25, -0.2) is 4.39 Å². The Hall–Kier alpha value is -2.41. The van der Waals surface area contributed by atoms with Crippen LogP contribution in [0.15, 0.2) is 18.2 Å². The van der Waals surface area contributed by atoms with E-state index in [1.807, 2.05) is 20.8 Å². The number of rotatable bonds is 6. The summed E-state index contributed by atoms with van der Waals surface area (Å²) in [6.45, 7) is 5.69. The molecule has 0 spiro atoms. The molecule has 0 aliphatic heterocycles. The first kappa shape index (κ1) is 17.0. The Labute approximate surface area is 134 Å². The molecule has 1 aromatic carbocycles. The Bertz CT molecular complexity index is 680. The number of carbonyl (C=O) groups is 1. The van der Waals surface area contributed by atoms with E-state index in [4.69, 9.17) is 4.74 Å². The van der Waals surface area contributed by atoms with Crippen molar-refractivity contribution in [2.45, 2.75) is 26.8 Å². The number of nitrogens with one attached hydrogen (secondary N) is 3. The molecule has 0 radical (unpaired) electrons. The molecule has 0 aliphatic rings. The first-order valence-corrected chi connectivity index (χ1v) is 7.30. The van der Waals surface area contributed by atoms with Gasteiger partial charge in [0.15, 0.2) is 11.6 Å². The lowest BCUT2D eigenvalue weighted by Crippen LogP contribution is -2.30. The number of hydrogen-bond donors (Lipinski definition) is 3. The van der Waals surface area contributed by atoms with Crippen LogP contribution in [0.2, 0.25) is 0 Å². The molecule has 2 aromatic rings. The van der Waals surface area contributed by atoms with Gasteiger partial charge in [0.25, 0.3) is 0 Å². The van der Waals surface area contributed by atoms with Crippen LogP contribution < -0.4 is 15.4 Å². The van der Waals surface area contributed by atoms with Gasteiger partial charge in [-0.05, 0) is 38.5 Å². The van der Waals surface area contributed by atoms with Crippen molar-refractivity contribution in [3.8, 4) is 5.75 Å². The van der Waals surface area contributed by atoms with Gasteiger partial charge >= 0.3 is 0 Å². The number of benzene rings is 1. The number of H-pyrrole nitrogens is 1. The van der Waals surface area contributed by atoms with Crippen LogP contribution in [0.25, 0.3) is 0 Å². The van der Waals surface area contributed by atoms with Gasteiger partial charge in [0.1, 0.15) is 0 Å². The quantitative estimate of drug-likeness (QED) is 0.764. The number of ether oxygens (including phenoxy) is 1. The third-order valence-electron chi connectivity index (χ3n) is 3.64. The van der Waals surface area contributed by atoms with Crippen molar-refractivity contribution >= 4 is 11.6 Å². The number of anilines is 1. The number of hydrogen-bond acceptors (Lipinski definition) is 4. The summed E-state index contributed by atoms with van der Waals surface area (Å²) in [6, 6.07) is 4.51. The number of aromatic amines is 1. The fraction of sp³-hybridized carbons (Fsp3) is 0.375. The molecule has 0 fully saturated rings. The molecule has 7 heteroatoms. The number of aryl methyl sites for hydroxylation is 2. The van der Waals surface area contributed by atoms with Crippen LogP contribution in [0.5, 0.6) is 5.75 Å². The molecule has 0 bridgehead atoms. The van der Waals surface area contributed by atoms with E-state index in [1.54, 1.807) is 12.1 Å². The topological polar surface area (TPSA) is 79.0 Å². The van der Waals surface area contributed by atoms with Crippen molar-refractivity contribution in [1.29, 1.82) is 0 Å². The van der Waals surface area contributed by atoms with E-state index >= 15 is 0 Å². The Kier molecular flexibility index (Phi) is 5.33. The number of aromatic nitrogens is 2. The van der Waals surface area contributed by atoms with Crippen molar-refractivity contribution in [3.63, 3.8) is 0 Å². The van der Waals surface area contributed by atoms with E-state index in [0.717, 1.165) is 17.0 Å². The molecule has 1 atom stereocenters. The van der Waals surface area contributed by atoms with Gasteiger partial charge in [0, 0.05) is 6.04 Å². The van der Waals surface area contributed by atoms with Crippen LogP contribution in [-0.2, 0) is 4.79 Å². The van der Waals surface area contributed by atoms with E-state index in [2.05, 4.69) is 20.8 Å². The Morgan fingerprint density at radius 2 is 2.17 bits per heavy atom. The lowest BCUT2D eigenvalue weighted by Gasteiger charge is -2.15. The highest BCUT2D eigenvalue weighted by Crippen LogP contribution is 2.22. The molecule has 2 rings (SSSR count). The summed E-state index contributed by atoms with van der Waals surface area (Å²) in [7, 11) is 1.42. The van der Waals surface area contributed by atoms with Crippen LogP contribution >= 0.6 is 0 Å². The third kappa shape index (κ3) is 4.07. The molecule has 0 aliphatic carbocycles. The Morgan fingerprint density at radius 3 is 2.78 bits per heavy atom. The second-order valence-electron chi connectivity index (χ2n) is 5.35. The number of methoxy groups -OCH3 is 1. The summed E-state index contributed by atoms with van der Waals surface area (Å²) in [5.74, 6) is -0.393. The molecule has 0 unspecified atom stereocenters. The highest BCUT2D eigenvalue weighted by Gasteiger charge is 2.13. The smallest absolute Gasteiger partial charge is 0.238 e. The zero-order chi connectivity index (χ0) is 17.0. The van der Waals surface area contributed by atoms with Crippen molar-refractivity contribution in [3.05, 3.63) is 41.0 Å². The number of amides is 1. The van der Waals surface area contributed by atoms with Crippen LogP contribution in [0.3, 0.4) is 0 Å². The summed E-state index contributed by atoms with van der Waals surface area (Å²) in [5, 5.41) is 12.8. The fourth-order valence-electron chi connectivity index (χ4n) is 2.23. The van der Waals surface area contributed by atoms with Gasteiger partial charge in [0.2, 0.25) is 5.91 Å². The first-order valence-electron chi connectivity index (χ1n) is 7.30. The van der Waals surface area contributed by atoms with E-state index in [-0.39, 0.29) is 24.2 Å². The van der Waals surface area contributed by atoms with Gasteiger partial charge in [-0.2, -0.15) is 5.10 Å². The molecule has 3 N–H and O–H groups in total. The van der Waals surface area contributed by atoms with Crippen LogP contribution in [0.1, 0.15) is 29.9 Å². The lowest BCUT2D eigenvalue weighted by molar-refractivity contribution is -0.115. The minimum Gasteiger partial charge on any atom is -0.494 e. The van der Waals surface area contributed by atoms with Crippen molar-refractivity contribution < 1.29 is 13.9 Å². The normalized spacial score (nSPS) is 12.0. The van der Waals surface area contributed by atoms with Crippen LogP contribution in [0.4, 0.5) is 10.1 Å². The van der Waals surface area contributed by atoms with E-state index in [9.17, 15) is 9.18 Å². The molecule has 1 heterocycles. The molecule has 1 aromatic heterocycles. The molecular formula is C16H21FN4O2. The zero-order valence-corrected chi connectivity index (χ0v) is 13.7. The second-order valence-corrected chi connectivity index (χ2v) is 5.35. The van der Waals surface area contributed by atoms with Crippen LogP contribution in [-0.4, -0.2) is 29.8 Å². The first-order chi connectivity index (χ1) is 10.9. The monoisotopic (exact) mass is 320 g/mol. The third-order valence-corrected chi connectivity index (χ3v) is 3.64. The number of nitrogens with zero attached hydrogens (tertiary/aromatic N) is 1. The lowest BCUT2D eigenvalue weighted by atomic mass is 10.1. The largest absolute Gasteiger partial charge is 0.494 e. The average Bonchev–Trinajstić information content (AvgIpc) is 2.85. The summed E-state index contributed by atoms with van der Waals surface area (Å²) < 4.78 is 18.4. The second kappa shape index (κ2) is 7.23. The van der Waals surface area contributed by atoms with Gasteiger partial charge in [0.05, 0.1) is 30.7 Å². The van der Waals surface area contributed by atoms with Gasteiger partial charge in [-0.15, -0.1) is 0 Å². The van der Waals surface area contributed by atoms with Gasteiger partial charge < -0.3 is 15.4 Å². The van der Waals surface area contributed by atoms with Gasteiger partial charge in [-0.1, -0.05) is 6.07 Å². The maximum atomic E-state index is 13.4. The molecular weight excluding hydrogens is 299 g/mol. The van der Waals surface area contributed by atoms with Crippen molar-refractivity contribution in [1.82, 2.24) is 15.5 Å². The van der Waals surface area contributed by atoms with Crippen molar-refractivity contribution in [2.75, 3.05) is 19.0 Å². The molecule has 6 nitrogen and oxygen atoms in total. The molecule has 124 valence electrons. The van der Waals surface area contributed by atoms with E-state index < -0.39 is 5.82 Å². The summed E-state index contributed by atoms with van der Waals surface area (Å²) in [4.78, 5) is 12.0. The van der Waals surface area contributed by atoms with Gasteiger partial charge in [-0.3, -0.25) is 9.89 Å².